The largest absolute Gasteiger partial charge is 0.391 e. The van der Waals surface area contributed by atoms with Crippen molar-refractivity contribution in [2.45, 2.75) is 63.0 Å². The topological polar surface area (TPSA) is 78.3 Å². The van der Waals surface area contributed by atoms with Crippen molar-refractivity contribution < 1.29 is 9.90 Å². The van der Waals surface area contributed by atoms with E-state index in [1.165, 1.54) is 18.4 Å². The quantitative estimate of drug-likeness (QED) is 0.744. The van der Waals surface area contributed by atoms with E-state index in [9.17, 15) is 9.90 Å². The monoisotopic (exact) mass is 408 g/mol. The molecule has 3 atom stereocenters. The highest BCUT2D eigenvalue weighted by atomic mass is 16.3. The summed E-state index contributed by atoms with van der Waals surface area (Å²) in [5, 5.41) is 14.1. The van der Waals surface area contributed by atoms with Gasteiger partial charge in [0.05, 0.1) is 11.7 Å². The van der Waals surface area contributed by atoms with E-state index in [4.69, 9.17) is 0 Å². The van der Waals surface area contributed by atoms with Gasteiger partial charge in [-0.3, -0.25) is 9.69 Å². The summed E-state index contributed by atoms with van der Waals surface area (Å²) in [5.41, 5.74) is 1.53. The Kier molecular flexibility index (Phi) is 6.44. The molecule has 2 aromatic rings. The molecule has 30 heavy (non-hydrogen) atoms. The number of benzene rings is 1. The van der Waals surface area contributed by atoms with Crippen molar-refractivity contribution in [1.82, 2.24) is 20.2 Å². The molecule has 0 spiro atoms. The van der Waals surface area contributed by atoms with Crippen LogP contribution in [-0.4, -0.2) is 57.7 Å². The van der Waals surface area contributed by atoms with Crippen molar-refractivity contribution >= 4 is 5.91 Å². The third-order valence-corrected chi connectivity index (χ3v) is 6.91. The maximum absolute atomic E-state index is 12.7. The number of nitrogens with zero attached hydrogens (tertiary/aromatic N) is 3. The molecule has 2 heterocycles. The van der Waals surface area contributed by atoms with Crippen LogP contribution in [-0.2, 0) is 5.41 Å². The molecule has 1 aromatic carbocycles. The minimum absolute atomic E-state index is 0.147. The number of likely N-dealkylation sites (tertiary alicyclic amines) is 1. The second kappa shape index (κ2) is 9.23. The molecule has 2 aliphatic rings. The molecular weight excluding hydrogens is 376 g/mol. The lowest BCUT2D eigenvalue weighted by Gasteiger charge is -2.34. The lowest BCUT2D eigenvalue weighted by molar-refractivity contribution is 0.0569. The van der Waals surface area contributed by atoms with Gasteiger partial charge < -0.3 is 10.4 Å². The molecule has 6 heteroatoms. The Balaban J connectivity index is 1.53. The number of nitrogens with one attached hydrogen (secondary N) is 1. The van der Waals surface area contributed by atoms with Crippen LogP contribution >= 0.6 is 0 Å². The fraction of sp³-hybridized carbons (Fsp3) is 0.542. The predicted molar refractivity (Wildman–Crippen MR) is 116 cm³/mol. The van der Waals surface area contributed by atoms with Gasteiger partial charge in [0.1, 0.15) is 5.82 Å². The average Bonchev–Trinajstić information content (AvgIpc) is 3.25. The Morgan fingerprint density at radius 1 is 1.13 bits per heavy atom. The lowest BCUT2D eigenvalue weighted by Crippen LogP contribution is -2.42. The van der Waals surface area contributed by atoms with Crippen molar-refractivity contribution in [3.8, 4) is 0 Å². The molecule has 0 radical (unpaired) electrons. The van der Waals surface area contributed by atoms with Crippen LogP contribution in [0.5, 0.6) is 0 Å². The van der Waals surface area contributed by atoms with E-state index < -0.39 is 0 Å². The van der Waals surface area contributed by atoms with Crippen LogP contribution in [0.4, 0.5) is 0 Å². The van der Waals surface area contributed by atoms with Crippen molar-refractivity contribution in [2.24, 2.45) is 0 Å². The summed E-state index contributed by atoms with van der Waals surface area (Å²) in [6, 6.07) is 10.7. The van der Waals surface area contributed by atoms with Gasteiger partial charge in [-0.25, -0.2) is 9.97 Å². The maximum atomic E-state index is 12.7. The number of aryl methyl sites for hydroxylation is 1. The van der Waals surface area contributed by atoms with Crippen molar-refractivity contribution in [3.63, 3.8) is 0 Å². The first-order chi connectivity index (χ1) is 14.6. The van der Waals surface area contributed by atoms with Crippen LogP contribution in [0.2, 0.25) is 0 Å². The van der Waals surface area contributed by atoms with E-state index in [1.807, 2.05) is 6.07 Å². The smallest absolute Gasteiger partial charge is 0.254 e. The molecule has 1 saturated heterocycles. The van der Waals surface area contributed by atoms with Crippen LogP contribution in [0.1, 0.15) is 60.3 Å². The molecule has 2 fully saturated rings. The van der Waals surface area contributed by atoms with Gasteiger partial charge in [-0.2, -0.15) is 0 Å². The summed E-state index contributed by atoms with van der Waals surface area (Å²) >= 11 is 0. The number of aliphatic hydroxyl groups is 1. The Morgan fingerprint density at radius 2 is 1.80 bits per heavy atom. The number of rotatable bonds is 5. The van der Waals surface area contributed by atoms with Crippen molar-refractivity contribution in [2.75, 3.05) is 19.6 Å². The number of hydrogen-bond acceptors (Lipinski definition) is 5. The summed E-state index contributed by atoms with van der Waals surface area (Å²) in [4.78, 5) is 23.5. The molecule has 6 nitrogen and oxygen atoms in total. The highest BCUT2D eigenvalue weighted by Crippen LogP contribution is 2.39. The second-order valence-corrected chi connectivity index (χ2v) is 8.80. The summed E-state index contributed by atoms with van der Waals surface area (Å²) in [6.45, 7) is 4.53. The number of hydrogen-bond donors (Lipinski definition) is 2. The van der Waals surface area contributed by atoms with Gasteiger partial charge in [-0.1, -0.05) is 30.3 Å². The molecule has 1 aliphatic heterocycles. The first-order valence-corrected chi connectivity index (χ1v) is 11.1. The van der Waals surface area contributed by atoms with E-state index in [0.717, 1.165) is 38.8 Å². The number of carbonyl (C=O) groups is 1. The Hall–Kier alpha value is -2.31. The molecule has 1 aromatic heterocycles. The molecular formula is C24H32N4O2. The molecule has 1 aliphatic carbocycles. The van der Waals surface area contributed by atoms with E-state index in [1.54, 1.807) is 19.3 Å². The zero-order valence-electron chi connectivity index (χ0n) is 17.8. The maximum Gasteiger partial charge on any atom is 0.254 e. The van der Waals surface area contributed by atoms with Crippen molar-refractivity contribution in [1.29, 1.82) is 0 Å². The summed E-state index contributed by atoms with van der Waals surface area (Å²) < 4.78 is 0. The van der Waals surface area contributed by atoms with Crippen LogP contribution in [0.25, 0.3) is 0 Å². The fourth-order valence-corrected chi connectivity index (χ4v) is 5.08. The number of carbonyl (C=O) groups excluding carboxylic acids is 1. The molecule has 0 unspecified atom stereocenters. The van der Waals surface area contributed by atoms with Crippen LogP contribution < -0.4 is 5.32 Å². The lowest BCUT2D eigenvalue weighted by atomic mass is 9.74. The minimum atomic E-state index is -0.310. The molecule has 1 amide bonds. The fourth-order valence-electron chi connectivity index (χ4n) is 5.08. The van der Waals surface area contributed by atoms with Gasteiger partial charge in [0.15, 0.2) is 0 Å². The number of amides is 1. The summed E-state index contributed by atoms with van der Waals surface area (Å²) in [6.07, 6.45) is 8.78. The van der Waals surface area contributed by atoms with Crippen molar-refractivity contribution in [3.05, 3.63) is 59.7 Å². The Labute approximate surface area is 178 Å². The van der Waals surface area contributed by atoms with Gasteiger partial charge in [-0.05, 0) is 64.1 Å². The third-order valence-electron chi connectivity index (χ3n) is 6.91. The van der Waals surface area contributed by atoms with E-state index in [-0.39, 0.29) is 23.5 Å². The van der Waals surface area contributed by atoms with Gasteiger partial charge in [0.25, 0.3) is 5.91 Å². The number of aliphatic hydroxyl groups excluding tert-OH is 1. The van der Waals surface area contributed by atoms with Gasteiger partial charge in [-0.15, -0.1) is 0 Å². The van der Waals surface area contributed by atoms with Gasteiger partial charge in [0.2, 0.25) is 0 Å². The predicted octanol–water partition coefficient (Wildman–Crippen LogP) is 2.85. The number of aromatic nitrogens is 2. The zero-order valence-corrected chi connectivity index (χ0v) is 17.8. The van der Waals surface area contributed by atoms with E-state index in [2.05, 4.69) is 44.5 Å². The van der Waals surface area contributed by atoms with Crippen LogP contribution in [0.3, 0.4) is 0 Å². The van der Waals surface area contributed by atoms with Crippen LogP contribution in [0, 0.1) is 6.92 Å². The Morgan fingerprint density at radius 3 is 2.50 bits per heavy atom. The minimum Gasteiger partial charge on any atom is -0.391 e. The SMILES string of the molecule is Cc1ncc(C(=O)NC[C@@]2(c3ccccc3)CC[C@H](O)[C@@H](N3CCCC3)CC2)cn1. The third kappa shape index (κ3) is 4.55. The first kappa shape index (κ1) is 20.9. The first-order valence-electron chi connectivity index (χ1n) is 11.1. The average molecular weight is 409 g/mol. The van der Waals surface area contributed by atoms with Gasteiger partial charge >= 0.3 is 0 Å². The normalized spacial score (nSPS) is 27.5. The summed E-state index contributed by atoms with van der Waals surface area (Å²) in [7, 11) is 0. The standard InChI is InChI=1S/C24H32N4O2/c1-18-25-15-19(16-26-18)23(30)27-17-24(20-7-3-2-4-8-20)11-9-21(22(29)10-12-24)28-13-5-6-14-28/h2-4,7-8,15-16,21-22,29H,5-6,9-14,17H2,1H3,(H,27,30)/t21-,22-,24-/m0/s1. The highest BCUT2D eigenvalue weighted by Gasteiger charge is 2.40. The highest BCUT2D eigenvalue weighted by molar-refractivity contribution is 5.93. The van der Waals surface area contributed by atoms with Crippen LogP contribution in [0.15, 0.2) is 42.7 Å². The zero-order chi connectivity index (χ0) is 21.0. The molecule has 4 rings (SSSR count). The summed E-state index contributed by atoms with van der Waals surface area (Å²) in [5.74, 6) is 0.504. The molecule has 0 bridgehead atoms. The van der Waals surface area contributed by atoms with E-state index in [0.29, 0.717) is 17.9 Å². The molecule has 2 N–H and O–H groups in total. The molecule has 160 valence electrons. The second-order valence-electron chi connectivity index (χ2n) is 8.80. The van der Waals surface area contributed by atoms with E-state index >= 15 is 0 Å². The molecule has 1 saturated carbocycles. The Bertz CT molecular complexity index is 836. The van der Waals surface area contributed by atoms with Gasteiger partial charge in [0, 0.05) is 30.4 Å².